The molecule has 2 saturated heterocycles. The highest BCUT2D eigenvalue weighted by atomic mass is 19.1. The molecule has 1 amide bonds. The van der Waals surface area contributed by atoms with Gasteiger partial charge in [-0.05, 0) is 45.3 Å². The van der Waals surface area contributed by atoms with Crippen LogP contribution in [0.5, 0.6) is 6.01 Å². The van der Waals surface area contributed by atoms with Crippen LogP contribution in [0.15, 0.2) is 55.3 Å². The Hall–Kier alpha value is -4.56. The average molecular weight is 597 g/mol. The molecule has 2 fully saturated rings. The van der Waals surface area contributed by atoms with Crippen molar-refractivity contribution < 1.29 is 13.9 Å². The third-order valence-electron chi connectivity index (χ3n) is 9.05. The number of piperazine rings is 1. The van der Waals surface area contributed by atoms with Gasteiger partial charge in [-0.3, -0.25) is 14.7 Å². The van der Waals surface area contributed by atoms with Crippen molar-refractivity contribution in [3.8, 4) is 12.1 Å². The van der Waals surface area contributed by atoms with Crippen LogP contribution in [0.4, 0.5) is 15.9 Å². The average Bonchev–Trinajstić information content (AvgIpc) is 3.46. The summed E-state index contributed by atoms with van der Waals surface area (Å²) >= 11 is 0. The normalized spacial score (nSPS) is 20.4. The van der Waals surface area contributed by atoms with Crippen LogP contribution in [0.3, 0.4) is 0 Å². The second-order valence-electron chi connectivity index (χ2n) is 11.8. The lowest BCUT2D eigenvalue weighted by molar-refractivity contribution is -0.131. The molecule has 5 heterocycles. The minimum atomic E-state index is -1.02. The Morgan fingerprint density at radius 3 is 2.75 bits per heavy atom. The van der Waals surface area contributed by atoms with Gasteiger partial charge in [0, 0.05) is 48.7 Å². The Balaban J connectivity index is 1.36. The first-order valence-electron chi connectivity index (χ1n) is 15.1. The fraction of sp³-hybridized carbons (Fsp3) is 0.424. The Bertz CT molecular complexity index is 1660. The lowest BCUT2D eigenvalue weighted by Gasteiger charge is -2.42. The number of pyridine rings is 1. The summed E-state index contributed by atoms with van der Waals surface area (Å²) in [6.07, 6.45) is 6.59. The van der Waals surface area contributed by atoms with Crippen molar-refractivity contribution >= 4 is 28.2 Å². The van der Waals surface area contributed by atoms with Crippen LogP contribution in [0.25, 0.3) is 10.8 Å². The van der Waals surface area contributed by atoms with Crippen LogP contribution in [0.2, 0.25) is 0 Å². The van der Waals surface area contributed by atoms with E-state index in [1.807, 2.05) is 18.5 Å². The molecule has 3 aliphatic rings. The number of hydrogen-bond acceptors (Lipinski definition) is 9. The molecule has 2 atom stereocenters. The van der Waals surface area contributed by atoms with Gasteiger partial charge < -0.3 is 19.4 Å². The topological polar surface area (TPSA) is 102 Å². The third kappa shape index (κ3) is 5.57. The molecule has 0 N–H and O–H groups in total. The molecule has 2 aromatic heterocycles. The summed E-state index contributed by atoms with van der Waals surface area (Å²) in [6, 6.07) is 8.20. The SMILES string of the molecule is C=C(F)C(=O)N1CCN(c2nc(OC(=C)[C@@H]3CCCN3C)nc3c2CCN(c2cncc4cccc(C)c24)C3)C[C@@H]1CC#N. The highest BCUT2D eigenvalue weighted by Gasteiger charge is 2.35. The van der Waals surface area contributed by atoms with Crippen LogP contribution in [0.1, 0.15) is 36.1 Å². The van der Waals surface area contributed by atoms with Crippen LogP contribution in [-0.4, -0.2) is 82.5 Å². The molecular weight excluding hydrogens is 559 g/mol. The number of fused-ring (bicyclic) bond motifs is 2. The second kappa shape index (κ2) is 12.2. The number of hydrogen-bond donors (Lipinski definition) is 0. The Morgan fingerprint density at radius 1 is 1.16 bits per heavy atom. The number of nitriles is 1. The van der Waals surface area contributed by atoms with E-state index in [1.54, 1.807) is 0 Å². The number of carbonyl (C=O) groups excluding carboxylic acids is 1. The summed E-state index contributed by atoms with van der Waals surface area (Å²) in [7, 11) is 2.06. The lowest BCUT2D eigenvalue weighted by atomic mass is 10.0. The van der Waals surface area contributed by atoms with Gasteiger partial charge in [-0.15, -0.1) is 0 Å². The molecule has 10 nitrogen and oxygen atoms in total. The molecule has 0 bridgehead atoms. The molecule has 0 aliphatic carbocycles. The zero-order valence-electron chi connectivity index (χ0n) is 25.3. The first-order valence-corrected chi connectivity index (χ1v) is 15.1. The van der Waals surface area contributed by atoms with Crippen LogP contribution in [-0.2, 0) is 17.8 Å². The van der Waals surface area contributed by atoms with Gasteiger partial charge in [0.25, 0.3) is 5.91 Å². The fourth-order valence-electron chi connectivity index (χ4n) is 6.80. The molecule has 1 aromatic carbocycles. The summed E-state index contributed by atoms with van der Waals surface area (Å²) < 4.78 is 20.1. The number of rotatable bonds is 7. The van der Waals surface area contributed by atoms with E-state index >= 15 is 0 Å². The van der Waals surface area contributed by atoms with Crippen LogP contribution < -0.4 is 14.5 Å². The molecule has 0 spiro atoms. The third-order valence-corrected chi connectivity index (χ3v) is 9.05. The number of carbonyl (C=O) groups is 1. The first kappa shape index (κ1) is 29.5. The quantitative estimate of drug-likeness (QED) is 0.292. The van der Waals surface area contributed by atoms with E-state index in [1.165, 1.54) is 15.8 Å². The van der Waals surface area contributed by atoms with E-state index in [4.69, 9.17) is 14.7 Å². The largest absolute Gasteiger partial charge is 0.428 e. The van der Waals surface area contributed by atoms with E-state index < -0.39 is 17.8 Å². The minimum Gasteiger partial charge on any atom is -0.428 e. The summed E-state index contributed by atoms with van der Waals surface area (Å²) in [5.41, 5.74) is 4.09. The van der Waals surface area contributed by atoms with E-state index in [0.717, 1.165) is 54.1 Å². The predicted octanol–water partition coefficient (Wildman–Crippen LogP) is 4.30. The lowest BCUT2D eigenvalue weighted by Crippen LogP contribution is -2.55. The van der Waals surface area contributed by atoms with Gasteiger partial charge in [0.1, 0.15) is 11.6 Å². The minimum absolute atomic E-state index is 0.0676. The van der Waals surface area contributed by atoms with E-state index in [2.05, 4.69) is 65.0 Å². The van der Waals surface area contributed by atoms with Crippen LogP contribution in [0, 0.1) is 18.3 Å². The molecule has 11 heteroatoms. The molecule has 0 unspecified atom stereocenters. The highest BCUT2D eigenvalue weighted by molar-refractivity contribution is 5.96. The highest BCUT2D eigenvalue weighted by Crippen LogP contribution is 2.36. The van der Waals surface area contributed by atoms with Gasteiger partial charge >= 0.3 is 6.01 Å². The monoisotopic (exact) mass is 596 g/mol. The van der Waals surface area contributed by atoms with Crippen molar-refractivity contribution in [2.75, 3.05) is 49.6 Å². The standard InChI is InChI=1S/C33H37FN8O2/c1-21-7-5-8-24-17-36-18-29(30(21)24)40-14-11-26-27(20-40)37-33(44-23(3)28-9-6-13-39(28)4)38-31(26)41-15-16-42(32(43)22(2)34)25(19-41)10-12-35/h5,7-8,17-18,25,28H,2-3,6,9-11,13-16,19-20H2,1,4H3/t25-,28-/m0/s1. The molecule has 228 valence electrons. The van der Waals surface area contributed by atoms with Crippen molar-refractivity contribution in [2.45, 2.75) is 51.2 Å². The fourth-order valence-corrected chi connectivity index (χ4v) is 6.80. The zero-order chi connectivity index (χ0) is 31.0. The summed E-state index contributed by atoms with van der Waals surface area (Å²) in [5, 5.41) is 11.8. The van der Waals surface area contributed by atoms with Gasteiger partial charge in [0.2, 0.25) is 0 Å². The van der Waals surface area contributed by atoms with Crippen molar-refractivity contribution in [1.82, 2.24) is 24.8 Å². The summed E-state index contributed by atoms with van der Waals surface area (Å²) in [6.45, 7) is 12.8. The maximum Gasteiger partial charge on any atom is 0.323 e. The smallest absolute Gasteiger partial charge is 0.323 e. The Morgan fingerprint density at radius 2 is 2.00 bits per heavy atom. The number of nitrogens with zero attached hydrogens (tertiary/aromatic N) is 8. The first-order chi connectivity index (χ1) is 21.2. The van der Waals surface area contributed by atoms with Gasteiger partial charge in [-0.2, -0.15) is 15.2 Å². The number of aryl methyl sites for hydroxylation is 1. The Labute approximate surface area is 257 Å². The number of likely N-dealkylation sites (N-methyl/N-ethyl adjacent to an activating group) is 1. The van der Waals surface area contributed by atoms with E-state index in [9.17, 15) is 14.4 Å². The number of likely N-dealkylation sites (tertiary alicyclic amines) is 1. The predicted molar refractivity (Wildman–Crippen MR) is 167 cm³/mol. The molecule has 0 radical (unpaired) electrons. The summed E-state index contributed by atoms with van der Waals surface area (Å²) in [5.74, 6) is -0.467. The van der Waals surface area contributed by atoms with E-state index in [0.29, 0.717) is 31.8 Å². The maximum atomic E-state index is 13.8. The number of anilines is 2. The Kier molecular flexibility index (Phi) is 8.19. The van der Waals surface area contributed by atoms with Gasteiger partial charge in [0.05, 0.1) is 48.7 Å². The van der Waals surface area contributed by atoms with Crippen molar-refractivity contribution in [3.05, 3.63) is 72.2 Å². The molecule has 6 rings (SSSR count). The van der Waals surface area contributed by atoms with Crippen LogP contribution >= 0.6 is 0 Å². The molecule has 3 aromatic rings. The second-order valence-corrected chi connectivity index (χ2v) is 11.8. The van der Waals surface area contributed by atoms with E-state index in [-0.39, 0.29) is 25.0 Å². The molecule has 0 saturated carbocycles. The number of benzene rings is 1. The molecule has 3 aliphatic heterocycles. The van der Waals surface area contributed by atoms with Crippen molar-refractivity contribution in [3.63, 3.8) is 0 Å². The number of halogens is 1. The molecule has 44 heavy (non-hydrogen) atoms. The maximum absolute atomic E-state index is 13.8. The number of aromatic nitrogens is 3. The summed E-state index contributed by atoms with van der Waals surface area (Å²) in [4.78, 5) is 34.9. The van der Waals surface area contributed by atoms with Gasteiger partial charge in [-0.1, -0.05) is 31.4 Å². The molecular formula is C33H37FN8O2. The van der Waals surface area contributed by atoms with Crippen molar-refractivity contribution in [2.24, 2.45) is 0 Å². The van der Waals surface area contributed by atoms with Gasteiger partial charge in [0.15, 0.2) is 5.83 Å². The number of ether oxygens (including phenoxy) is 1. The van der Waals surface area contributed by atoms with Crippen molar-refractivity contribution in [1.29, 1.82) is 5.26 Å². The number of amides is 1. The zero-order valence-corrected chi connectivity index (χ0v) is 25.3. The van der Waals surface area contributed by atoms with Gasteiger partial charge in [-0.25, -0.2) is 4.39 Å².